The predicted octanol–water partition coefficient (Wildman–Crippen LogP) is 2.84. The van der Waals surface area contributed by atoms with Gasteiger partial charge in [0.15, 0.2) is 10.9 Å². The van der Waals surface area contributed by atoms with Gasteiger partial charge < -0.3 is 4.90 Å². The predicted molar refractivity (Wildman–Crippen MR) is 103 cm³/mol. The number of thioether (sulfide) groups is 1. The van der Waals surface area contributed by atoms with Crippen LogP contribution < -0.4 is 4.90 Å². The van der Waals surface area contributed by atoms with Crippen LogP contribution in [0.4, 0.5) is 5.69 Å². The van der Waals surface area contributed by atoms with E-state index in [2.05, 4.69) is 15.2 Å². The zero-order valence-corrected chi connectivity index (χ0v) is 16.0. The second-order valence-corrected chi connectivity index (χ2v) is 7.51. The monoisotopic (exact) mass is 381 g/mol. The summed E-state index contributed by atoms with van der Waals surface area (Å²) in [6.45, 7) is 4.59. The van der Waals surface area contributed by atoms with E-state index in [1.54, 1.807) is 17.0 Å². The number of benzene rings is 1. The summed E-state index contributed by atoms with van der Waals surface area (Å²) in [6, 6.07) is 9.23. The Morgan fingerprint density at radius 2 is 2.07 bits per heavy atom. The number of anilines is 1. The van der Waals surface area contributed by atoms with Gasteiger partial charge in [0.05, 0.1) is 5.75 Å². The molecule has 0 bridgehead atoms. The van der Waals surface area contributed by atoms with Crippen molar-refractivity contribution < 1.29 is 9.59 Å². The molecule has 0 unspecified atom stereocenters. The molecule has 0 radical (unpaired) electrons. The van der Waals surface area contributed by atoms with E-state index in [4.69, 9.17) is 0 Å². The van der Waals surface area contributed by atoms with Crippen LogP contribution >= 0.6 is 11.8 Å². The molecule has 7 nitrogen and oxygen atoms in total. The first-order valence-corrected chi connectivity index (χ1v) is 9.77. The quantitative estimate of drug-likeness (QED) is 0.499. The molecule has 0 spiro atoms. The lowest BCUT2D eigenvalue weighted by molar-refractivity contribution is -0.117. The highest BCUT2D eigenvalue weighted by molar-refractivity contribution is 7.99. The maximum absolute atomic E-state index is 12.7. The van der Waals surface area contributed by atoms with Crippen molar-refractivity contribution in [3.63, 3.8) is 0 Å². The van der Waals surface area contributed by atoms with Gasteiger partial charge in [0, 0.05) is 35.6 Å². The maximum atomic E-state index is 12.7. The first-order valence-electron chi connectivity index (χ1n) is 8.79. The van der Waals surface area contributed by atoms with Crippen molar-refractivity contribution in [2.75, 3.05) is 17.2 Å². The normalized spacial score (nSPS) is 14.3. The molecular weight excluding hydrogens is 362 g/mol. The molecule has 27 heavy (non-hydrogen) atoms. The molecule has 3 heterocycles. The largest absolute Gasteiger partial charge is 0.312 e. The minimum atomic E-state index is -0.0111. The number of fused-ring (bicyclic) bond motifs is 1. The van der Waals surface area contributed by atoms with E-state index in [0.717, 1.165) is 23.5 Å². The molecular formula is C19H19N5O2S. The molecule has 1 aromatic carbocycles. The van der Waals surface area contributed by atoms with Crippen molar-refractivity contribution in [2.24, 2.45) is 0 Å². The number of nitrogens with zero attached hydrogens (tertiary/aromatic N) is 5. The highest BCUT2D eigenvalue weighted by Gasteiger charge is 2.22. The van der Waals surface area contributed by atoms with Crippen molar-refractivity contribution in [1.82, 2.24) is 19.6 Å². The molecule has 138 valence electrons. The van der Waals surface area contributed by atoms with Crippen LogP contribution in [0.2, 0.25) is 0 Å². The average Bonchev–Trinajstić information content (AvgIpc) is 3.26. The van der Waals surface area contributed by atoms with E-state index in [0.29, 0.717) is 29.5 Å². The van der Waals surface area contributed by atoms with Gasteiger partial charge in [0.1, 0.15) is 0 Å². The third-order valence-electron chi connectivity index (χ3n) is 4.55. The Hall–Kier alpha value is -2.74. The number of Topliss-reactive ketones (excluding diaryl/α,β-unsaturated/α-hetero) is 1. The van der Waals surface area contributed by atoms with Crippen molar-refractivity contribution in [3.8, 4) is 0 Å². The lowest BCUT2D eigenvalue weighted by Gasteiger charge is -2.16. The fraction of sp³-hybridized carbons (Fsp3) is 0.316. The van der Waals surface area contributed by atoms with E-state index in [1.807, 2.05) is 36.4 Å². The Balaban J connectivity index is 1.51. The Morgan fingerprint density at radius 1 is 1.22 bits per heavy atom. The summed E-state index contributed by atoms with van der Waals surface area (Å²) in [4.78, 5) is 30.7. The maximum Gasteiger partial charge on any atom is 0.256 e. The van der Waals surface area contributed by atoms with Crippen LogP contribution in [0.5, 0.6) is 0 Å². The summed E-state index contributed by atoms with van der Waals surface area (Å²) < 4.78 is 1.85. The third-order valence-corrected chi connectivity index (χ3v) is 5.48. The van der Waals surface area contributed by atoms with Crippen LogP contribution in [0.25, 0.3) is 5.78 Å². The zero-order chi connectivity index (χ0) is 19.0. The fourth-order valence-corrected chi connectivity index (χ4v) is 4.16. The molecule has 0 N–H and O–H groups in total. The number of ketones is 1. The Morgan fingerprint density at radius 3 is 2.85 bits per heavy atom. The number of rotatable bonds is 5. The van der Waals surface area contributed by atoms with Gasteiger partial charge in [-0.15, -0.1) is 10.2 Å². The van der Waals surface area contributed by atoms with Crippen LogP contribution in [-0.4, -0.2) is 43.6 Å². The third kappa shape index (κ3) is 3.44. The number of aryl methyl sites for hydroxylation is 2. The second kappa shape index (κ2) is 7.11. The van der Waals surface area contributed by atoms with Gasteiger partial charge in [-0.25, -0.2) is 4.98 Å². The zero-order valence-electron chi connectivity index (χ0n) is 15.2. The summed E-state index contributed by atoms with van der Waals surface area (Å²) in [5, 5.41) is 8.90. The van der Waals surface area contributed by atoms with E-state index in [9.17, 15) is 9.59 Å². The van der Waals surface area contributed by atoms with Crippen molar-refractivity contribution in [3.05, 3.63) is 47.3 Å². The highest BCUT2D eigenvalue weighted by atomic mass is 32.2. The molecule has 1 aliphatic heterocycles. The molecule has 1 saturated heterocycles. The average molecular weight is 381 g/mol. The number of aromatic nitrogens is 4. The highest BCUT2D eigenvalue weighted by Crippen LogP contribution is 2.24. The van der Waals surface area contributed by atoms with Crippen molar-refractivity contribution in [2.45, 2.75) is 31.8 Å². The van der Waals surface area contributed by atoms with E-state index < -0.39 is 0 Å². The van der Waals surface area contributed by atoms with Crippen LogP contribution in [0.15, 0.2) is 35.5 Å². The molecule has 1 aliphatic rings. The molecule has 0 atom stereocenters. The van der Waals surface area contributed by atoms with Gasteiger partial charge in [0.2, 0.25) is 5.91 Å². The number of amides is 1. The van der Waals surface area contributed by atoms with Gasteiger partial charge in [0.25, 0.3) is 5.78 Å². The van der Waals surface area contributed by atoms with Crippen LogP contribution in [0, 0.1) is 13.8 Å². The summed E-state index contributed by atoms with van der Waals surface area (Å²) >= 11 is 1.34. The molecule has 4 rings (SSSR count). The van der Waals surface area contributed by atoms with Gasteiger partial charge in [-0.3, -0.25) is 14.0 Å². The first kappa shape index (κ1) is 17.7. The standard InChI is InChI=1S/C19H19N5O2S/c1-12-9-13(2)24-18(20-12)21-22-19(24)27-11-16(25)14-5-3-6-15(10-14)23-8-4-7-17(23)26/h3,5-6,9-10H,4,7-8,11H2,1-2H3. The number of hydrogen-bond donors (Lipinski definition) is 0. The van der Waals surface area contributed by atoms with Gasteiger partial charge in [-0.2, -0.15) is 0 Å². The molecule has 1 fully saturated rings. The van der Waals surface area contributed by atoms with Crippen molar-refractivity contribution in [1.29, 1.82) is 0 Å². The summed E-state index contributed by atoms with van der Waals surface area (Å²) in [5.74, 6) is 0.882. The van der Waals surface area contributed by atoms with E-state index in [1.165, 1.54) is 11.8 Å². The van der Waals surface area contributed by atoms with E-state index >= 15 is 0 Å². The van der Waals surface area contributed by atoms with Gasteiger partial charge in [-0.1, -0.05) is 23.9 Å². The first-order chi connectivity index (χ1) is 13.0. The Labute approximate surface area is 160 Å². The molecule has 3 aromatic rings. The van der Waals surface area contributed by atoms with Crippen LogP contribution in [0.1, 0.15) is 34.6 Å². The lowest BCUT2D eigenvalue weighted by Crippen LogP contribution is -2.23. The fourth-order valence-electron chi connectivity index (χ4n) is 3.28. The topological polar surface area (TPSA) is 80.5 Å². The molecule has 8 heteroatoms. The smallest absolute Gasteiger partial charge is 0.256 e. The summed E-state index contributed by atoms with van der Waals surface area (Å²) in [5.41, 5.74) is 3.25. The number of carbonyl (C=O) groups excluding carboxylic acids is 2. The molecule has 1 amide bonds. The minimum Gasteiger partial charge on any atom is -0.312 e. The molecule has 0 saturated carbocycles. The second-order valence-electron chi connectivity index (χ2n) is 6.57. The molecule has 2 aromatic heterocycles. The van der Waals surface area contributed by atoms with E-state index in [-0.39, 0.29) is 17.4 Å². The minimum absolute atomic E-state index is 0.0111. The molecule has 0 aliphatic carbocycles. The van der Waals surface area contributed by atoms with Gasteiger partial charge in [-0.05, 0) is 38.5 Å². The number of hydrogen-bond acceptors (Lipinski definition) is 6. The summed E-state index contributed by atoms with van der Waals surface area (Å²) in [6.07, 6.45) is 1.43. The lowest BCUT2D eigenvalue weighted by atomic mass is 10.1. The number of carbonyl (C=O) groups is 2. The SMILES string of the molecule is Cc1cc(C)n2c(SCC(=O)c3cccc(N4CCCC4=O)c3)nnc2n1. The Bertz CT molecular complexity index is 1050. The van der Waals surface area contributed by atoms with Gasteiger partial charge >= 0.3 is 0 Å². The summed E-state index contributed by atoms with van der Waals surface area (Å²) in [7, 11) is 0. The Kier molecular flexibility index (Phi) is 4.65. The van der Waals surface area contributed by atoms with Crippen LogP contribution in [0.3, 0.4) is 0 Å². The van der Waals surface area contributed by atoms with Crippen molar-refractivity contribution >= 4 is 34.9 Å². The van der Waals surface area contributed by atoms with Crippen LogP contribution in [-0.2, 0) is 4.79 Å².